The Bertz CT molecular complexity index is 521. The van der Waals surface area contributed by atoms with Crippen LogP contribution in [-0.4, -0.2) is 41.7 Å². The number of amides is 1. The van der Waals surface area contributed by atoms with Crippen LogP contribution in [0.25, 0.3) is 0 Å². The van der Waals surface area contributed by atoms with Crippen LogP contribution in [0.5, 0.6) is 5.75 Å². The van der Waals surface area contributed by atoms with Crippen LogP contribution in [0, 0.1) is 17.2 Å². The Morgan fingerprint density at radius 2 is 2.24 bits per heavy atom. The average Bonchev–Trinajstić information content (AvgIpc) is 2.54. The highest BCUT2D eigenvalue weighted by Crippen LogP contribution is 2.19. The number of likely N-dealkylation sites (tertiary alicyclic amines) is 1. The van der Waals surface area contributed by atoms with Crippen molar-refractivity contribution in [2.75, 3.05) is 19.7 Å². The molecule has 1 aromatic rings. The number of carbonyl (C=O) groups is 1. The summed E-state index contributed by atoms with van der Waals surface area (Å²) in [5.41, 5.74) is 0.558. The van der Waals surface area contributed by atoms with Crippen LogP contribution in [0.4, 0.5) is 0 Å². The van der Waals surface area contributed by atoms with E-state index in [9.17, 15) is 9.90 Å². The average molecular weight is 288 g/mol. The summed E-state index contributed by atoms with van der Waals surface area (Å²) in [5, 5.41) is 18.0. The van der Waals surface area contributed by atoms with E-state index in [1.54, 1.807) is 36.1 Å². The molecule has 112 valence electrons. The standard InChI is InChI=1S/C16H20N2O3/c1-12(21-15-6-4-13(9-17)5-7-15)16(20)18-8-2-3-14(10-18)11-19/h4-7,12,14,19H,2-3,8,10-11H2,1H3. The number of ether oxygens (including phenoxy) is 1. The highest BCUT2D eigenvalue weighted by Gasteiger charge is 2.27. The first-order valence-corrected chi connectivity index (χ1v) is 7.20. The third-order valence-corrected chi connectivity index (χ3v) is 3.73. The summed E-state index contributed by atoms with van der Waals surface area (Å²) in [7, 11) is 0. The van der Waals surface area contributed by atoms with Crippen molar-refractivity contribution < 1.29 is 14.6 Å². The van der Waals surface area contributed by atoms with Gasteiger partial charge in [-0.15, -0.1) is 0 Å². The molecule has 1 heterocycles. The summed E-state index contributed by atoms with van der Waals surface area (Å²) < 4.78 is 5.63. The molecule has 2 unspecified atom stereocenters. The van der Waals surface area contributed by atoms with Crippen molar-refractivity contribution in [2.45, 2.75) is 25.9 Å². The smallest absolute Gasteiger partial charge is 0.263 e. The van der Waals surface area contributed by atoms with Crippen molar-refractivity contribution in [3.63, 3.8) is 0 Å². The van der Waals surface area contributed by atoms with Crippen molar-refractivity contribution in [2.24, 2.45) is 5.92 Å². The van der Waals surface area contributed by atoms with E-state index in [2.05, 4.69) is 0 Å². The minimum Gasteiger partial charge on any atom is -0.481 e. The number of aliphatic hydroxyl groups is 1. The van der Waals surface area contributed by atoms with E-state index in [0.29, 0.717) is 17.9 Å². The Balaban J connectivity index is 1.94. The second-order valence-electron chi connectivity index (χ2n) is 5.37. The molecule has 0 radical (unpaired) electrons. The maximum atomic E-state index is 12.4. The van der Waals surface area contributed by atoms with Crippen molar-refractivity contribution in [1.29, 1.82) is 5.26 Å². The molecular weight excluding hydrogens is 268 g/mol. The van der Waals surface area contributed by atoms with Crippen molar-refractivity contribution in [3.8, 4) is 11.8 Å². The largest absolute Gasteiger partial charge is 0.481 e. The first-order chi connectivity index (χ1) is 10.1. The van der Waals surface area contributed by atoms with Gasteiger partial charge in [-0.2, -0.15) is 5.26 Å². The lowest BCUT2D eigenvalue weighted by molar-refractivity contribution is -0.140. The van der Waals surface area contributed by atoms with Gasteiger partial charge >= 0.3 is 0 Å². The van der Waals surface area contributed by atoms with Gasteiger partial charge in [0.1, 0.15) is 5.75 Å². The molecule has 1 aliphatic heterocycles. The number of hydrogen-bond donors (Lipinski definition) is 1. The molecule has 1 fully saturated rings. The minimum atomic E-state index is -0.574. The number of carbonyl (C=O) groups excluding carboxylic acids is 1. The van der Waals surface area contributed by atoms with Crippen LogP contribution in [0.3, 0.4) is 0 Å². The third kappa shape index (κ3) is 3.96. The first-order valence-electron chi connectivity index (χ1n) is 7.20. The number of piperidine rings is 1. The molecule has 21 heavy (non-hydrogen) atoms. The zero-order valence-electron chi connectivity index (χ0n) is 12.2. The number of benzene rings is 1. The molecule has 0 aromatic heterocycles. The predicted molar refractivity (Wildman–Crippen MR) is 77.6 cm³/mol. The summed E-state index contributed by atoms with van der Waals surface area (Å²) in [5.74, 6) is 0.688. The number of nitrogens with zero attached hydrogens (tertiary/aromatic N) is 2. The Labute approximate surface area is 124 Å². The summed E-state index contributed by atoms with van der Waals surface area (Å²) in [6, 6.07) is 8.74. The highest BCUT2D eigenvalue weighted by atomic mass is 16.5. The lowest BCUT2D eigenvalue weighted by Crippen LogP contribution is -2.46. The predicted octanol–water partition coefficient (Wildman–Crippen LogP) is 1.56. The second-order valence-corrected chi connectivity index (χ2v) is 5.37. The van der Waals surface area contributed by atoms with E-state index in [0.717, 1.165) is 19.4 Å². The topological polar surface area (TPSA) is 73.6 Å². The molecule has 5 nitrogen and oxygen atoms in total. The SMILES string of the molecule is CC(Oc1ccc(C#N)cc1)C(=O)N1CCCC(CO)C1. The van der Waals surface area contributed by atoms with Gasteiger partial charge in [-0.1, -0.05) is 0 Å². The summed E-state index contributed by atoms with van der Waals surface area (Å²) in [4.78, 5) is 14.1. The van der Waals surface area contributed by atoms with Crippen molar-refractivity contribution in [3.05, 3.63) is 29.8 Å². The Morgan fingerprint density at radius 3 is 2.86 bits per heavy atom. The van der Waals surface area contributed by atoms with Gasteiger partial charge in [0.2, 0.25) is 0 Å². The number of nitriles is 1. The van der Waals surface area contributed by atoms with Gasteiger partial charge in [-0.05, 0) is 49.9 Å². The van der Waals surface area contributed by atoms with Crippen molar-refractivity contribution >= 4 is 5.91 Å². The molecule has 1 aromatic carbocycles. The van der Waals surface area contributed by atoms with E-state index in [4.69, 9.17) is 10.00 Å². The van der Waals surface area contributed by atoms with Crippen LogP contribution >= 0.6 is 0 Å². The second kappa shape index (κ2) is 7.09. The van der Waals surface area contributed by atoms with E-state index in [-0.39, 0.29) is 18.4 Å². The van der Waals surface area contributed by atoms with E-state index >= 15 is 0 Å². The first kappa shape index (κ1) is 15.3. The van der Waals surface area contributed by atoms with Gasteiger partial charge in [0.05, 0.1) is 11.6 Å². The van der Waals surface area contributed by atoms with E-state index < -0.39 is 6.10 Å². The van der Waals surface area contributed by atoms with E-state index in [1.165, 1.54) is 0 Å². The molecule has 0 bridgehead atoms. The molecule has 0 aliphatic carbocycles. The quantitative estimate of drug-likeness (QED) is 0.912. The molecule has 2 atom stereocenters. The van der Waals surface area contributed by atoms with Crippen LogP contribution in [0.2, 0.25) is 0 Å². The fraction of sp³-hybridized carbons (Fsp3) is 0.500. The number of hydrogen-bond acceptors (Lipinski definition) is 4. The normalized spacial score (nSPS) is 19.7. The fourth-order valence-electron chi connectivity index (χ4n) is 2.53. The summed E-state index contributed by atoms with van der Waals surface area (Å²) in [6.45, 7) is 3.16. The number of rotatable bonds is 4. The van der Waals surface area contributed by atoms with Gasteiger partial charge in [0.15, 0.2) is 6.10 Å². The van der Waals surface area contributed by atoms with Gasteiger partial charge in [0.25, 0.3) is 5.91 Å². The molecule has 1 saturated heterocycles. The van der Waals surface area contributed by atoms with Gasteiger partial charge in [-0.25, -0.2) is 0 Å². The maximum Gasteiger partial charge on any atom is 0.263 e. The van der Waals surface area contributed by atoms with Gasteiger partial charge in [0, 0.05) is 19.7 Å². The van der Waals surface area contributed by atoms with Crippen LogP contribution in [0.15, 0.2) is 24.3 Å². The highest BCUT2D eigenvalue weighted by molar-refractivity contribution is 5.81. The van der Waals surface area contributed by atoms with Gasteiger partial charge in [-0.3, -0.25) is 4.79 Å². The minimum absolute atomic E-state index is 0.0579. The molecule has 1 N–H and O–H groups in total. The zero-order valence-corrected chi connectivity index (χ0v) is 12.2. The molecule has 1 aliphatic rings. The lowest BCUT2D eigenvalue weighted by Gasteiger charge is -2.33. The maximum absolute atomic E-state index is 12.4. The molecule has 1 amide bonds. The zero-order chi connectivity index (χ0) is 15.2. The summed E-state index contributed by atoms with van der Waals surface area (Å²) in [6.07, 6.45) is 1.31. The Hall–Kier alpha value is -2.06. The van der Waals surface area contributed by atoms with Crippen molar-refractivity contribution in [1.82, 2.24) is 4.90 Å². The molecule has 2 rings (SSSR count). The molecule has 0 spiro atoms. The number of aliphatic hydroxyl groups excluding tert-OH is 1. The van der Waals surface area contributed by atoms with Crippen LogP contribution in [0.1, 0.15) is 25.3 Å². The molecule has 0 saturated carbocycles. The fourth-order valence-corrected chi connectivity index (χ4v) is 2.53. The molecular formula is C16H20N2O3. The Morgan fingerprint density at radius 1 is 1.52 bits per heavy atom. The summed E-state index contributed by atoms with van der Waals surface area (Å²) >= 11 is 0. The van der Waals surface area contributed by atoms with Crippen LogP contribution < -0.4 is 4.74 Å². The lowest BCUT2D eigenvalue weighted by atomic mass is 9.99. The monoisotopic (exact) mass is 288 g/mol. The van der Waals surface area contributed by atoms with Gasteiger partial charge < -0.3 is 14.7 Å². The van der Waals surface area contributed by atoms with E-state index in [1.807, 2.05) is 6.07 Å². The molecule has 5 heteroatoms. The van der Waals surface area contributed by atoms with Crippen LogP contribution in [-0.2, 0) is 4.79 Å². The Kier molecular flexibility index (Phi) is 5.18. The third-order valence-electron chi connectivity index (χ3n) is 3.73.